The number of benzene rings is 1. The van der Waals surface area contributed by atoms with Crippen molar-refractivity contribution < 1.29 is 9.59 Å². The van der Waals surface area contributed by atoms with Crippen molar-refractivity contribution in [2.24, 2.45) is 0 Å². The SMILES string of the molecule is O=C(CCl)NNC(=O)CCc1ccc(Cl)cc1. The van der Waals surface area contributed by atoms with Gasteiger partial charge in [0.05, 0.1) is 0 Å². The van der Waals surface area contributed by atoms with Crippen LogP contribution in [0, 0.1) is 0 Å². The molecular formula is C11H12Cl2N2O2. The predicted molar refractivity (Wildman–Crippen MR) is 66.8 cm³/mol. The summed E-state index contributed by atoms with van der Waals surface area (Å²) in [6.07, 6.45) is 0.865. The lowest BCUT2D eigenvalue weighted by Gasteiger charge is -2.05. The molecule has 0 aliphatic rings. The van der Waals surface area contributed by atoms with Crippen molar-refractivity contribution in [1.82, 2.24) is 10.9 Å². The maximum Gasteiger partial charge on any atom is 0.253 e. The minimum absolute atomic E-state index is 0.183. The largest absolute Gasteiger partial charge is 0.273 e. The molecule has 0 fully saturated rings. The van der Waals surface area contributed by atoms with E-state index in [4.69, 9.17) is 23.2 Å². The van der Waals surface area contributed by atoms with Crippen molar-refractivity contribution in [2.75, 3.05) is 5.88 Å². The van der Waals surface area contributed by atoms with Gasteiger partial charge in [-0.3, -0.25) is 20.4 Å². The number of carbonyl (C=O) groups excluding carboxylic acids is 2. The molecule has 2 amide bonds. The molecule has 1 aromatic carbocycles. The molecule has 0 aromatic heterocycles. The van der Waals surface area contributed by atoms with E-state index in [1.807, 2.05) is 12.1 Å². The molecule has 0 saturated heterocycles. The summed E-state index contributed by atoms with van der Waals surface area (Å²) < 4.78 is 0. The van der Waals surface area contributed by atoms with Gasteiger partial charge in [-0.15, -0.1) is 11.6 Å². The van der Waals surface area contributed by atoms with E-state index >= 15 is 0 Å². The van der Waals surface area contributed by atoms with Gasteiger partial charge in [-0.1, -0.05) is 23.7 Å². The maximum atomic E-state index is 11.3. The molecule has 0 spiro atoms. The number of hydrogen-bond donors (Lipinski definition) is 2. The summed E-state index contributed by atoms with van der Waals surface area (Å²) in [5.41, 5.74) is 5.46. The van der Waals surface area contributed by atoms with Gasteiger partial charge in [-0.2, -0.15) is 0 Å². The minimum Gasteiger partial charge on any atom is -0.273 e. The lowest BCUT2D eigenvalue weighted by molar-refractivity contribution is -0.127. The highest BCUT2D eigenvalue weighted by atomic mass is 35.5. The van der Waals surface area contributed by atoms with Crippen LogP contribution in [-0.4, -0.2) is 17.7 Å². The van der Waals surface area contributed by atoms with Crippen LogP contribution in [0.15, 0.2) is 24.3 Å². The van der Waals surface area contributed by atoms with Crippen LogP contribution in [0.4, 0.5) is 0 Å². The molecule has 2 N–H and O–H groups in total. The molecule has 1 rings (SSSR count). The second kappa shape index (κ2) is 7.14. The number of aryl methyl sites for hydroxylation is 1. The van der Waals surface area contributed by atoms with E-state index < -0.39 is 5.91 Å². The number of nitrogens with one attached hydrogen (secondary N) is 2. The van der Waals surface area contributed by atoms with Gasteiger partial charge in [0.2, 0.25) is 5.91 Å². The van der Waals surface area contributed by atoms with E-state index in [2.05, 4.69) is 10.9 Å². The van der Waals surface area contributed by atoms with Gasteiger partial charge in [-0.25, -0.2) is 0 Å². The summed E-state index contributed by atoms with van der Waals surface area (Å²) in [6, 6.07) is 7.24. The Morgan fingerprint density at radius 3 is 2.24 bits per heavy atom. The fourth-order valence-electron chi connectivity index (χ4n) is 1.14. The molecular weight excluding hydrogens is 263 g/mol. The number of hydrogen-bond acceptors (Lipinski definition) is 2. The highest BCUT2D eigenvalue weighted by Gasteiger charge is 2.03. The van der Waals surface area contributed by atoms with Gasteiger partial charge in [0.25, 0.3) is 5.91 Å². The second-order valence-corrected chi connectivity index (χ2v) is 4.06. The number of halogens is 2. The number of rotatable bonds is 4. The zero-order chi connectivity index (χ0) is 12.7. The van der Waals surface area contributed by atoms with Crippen molar-refractivity contribution in [2.45, 2.75) is 12.8 Å². The van der Waals surface area contributed by atoms with Gasteiger partial charge in [0.15, 0.2) is 0 Å². The molecule has 1 aromatic rings. The second-order valence-electron chi connectivity index (χ2n) is 3.36. The van der Waals surface area contributed by atoms with E-state index in [0.717, 1.165) is 5.56 Å². The third-order valence-electron chi connectivity index (χ3n) is 2.02. The van der Waals surface area contributed by atoms with Crippen molar-refractivity contribution in [3.8, 4) is 0 Å². The van der Waals surface area contributed by atoms with Crippen molar-refractivity contribution in [3.63, 3.8) is 0 Å². The van der Waals surface area contributed by atoms with Gasteiger partial charge in [0.1, 0.15) is 5.88 Å². The van der Waals surface area contributed by atoms with Gasteiger partial charge < -0.3 is 0 Å². The average Bonchev–Trinajstić information content (AvgIpc) is 2.35. The Morgan fingerprint density at radius 2 is 1.65 bits per heavy atom. The first-order valence-corrected chi connectivity index (χ1v) is 5.91. The molecule has 6 heteroatoms. The Labute approximate surface area is 109 Å². The van der Waals surface area contributed by atoms with Crippen LogP contribution in [0.1, 0.15) is 12.0 Å². The van der Waals surface area contributed by atoms with Gasteiger partial charge >= 0.3 is 0 Å². The molecule has 0 aliphatic heterocycles. The Balaban J connectivity index is 2.28. The Hall–Kier alpha value is -1.26. The summed E-state index contributed by atoms with van der Waals surface area (Å²) in [5, 5.41) is 0.660. The topological polar surface area (TPSA) is 58.2 Å². The lowest BCUT2D eigenvalue weighted by atomic mass is 10.1. The van der Waals surface area contributed by atoms with Gasteiger partial charge in [0, 0.05) is 11.4 Å². The first-order valence-electron chi connectivity index (χ1n) is 5.00. The Bertz CT molecular complexity index is 393. The zero-order valence-corrected chi connectivity index (χ0v) is 10.5. The fourth-order valence-corrected chi connectivity index (χ4v) is 1.34. The monoisotopic (exact) mass is 274 g/mol. The van der Waals surface area contributed by atoms with E-state index in [9.17, 15) is 9.59 Å². The van der Waals surface area contributed by atoms with Crippen LogP contribution in [0.3, 0.4) is 0 Å². The zero-order valence-electron chi connectivity index (χ0n) is 9.00. The van der Waals surface area contributed by atoms with Crippen LogP contribution >= 0.6 is 23.2 Å². The predicted octanol–water partition coefficient (Wildman–Crippen LogP) is 1.66. The highest BCUT2D eigenvalue weighted by molar-refractivity contribution is 6.30. The van der Waals surface area contributed by atoms with Crippen LogP contribution in [0.25, 0.3) is 0 Å². The third-order valence-corrected chi connectivity index (χ3v) is 2.51. The Kier molecular flexibility index (Phi) is 5.80. The van der Waals surface area contributed by atoms with E-state index in [-0.39, 0.29) is 18.2 Å². The summed E-state index contributed by atoms with van der Waals surface area (Å²) in [6.45, 7) is 0. The molecule has 0 unspecified atom stereocenters. The van der Waals surface area contributed by atoms with Crippen LogP contribution < -0.4 is 10.9 Å². The molecule has 0 atom stereocenters. The summed E-state index contributed by atoms with van der Waals surface area (Å²) in [4.78, 5) is 22.1. The van der Waals surface area contributed by atoms with Crippen molar-refractivity contribution in [3.05, 3.63) is 34.9 Å². The minimum atomic E-state index is -0.438. The number of amides is 2. The molecule has 0 saturated carbocycles. The van der Waals surface area contributed by atoms with Crippen molar-refractivity contribution >= 4 is 35.0 Å². The molecule has 0 bridgehead atoms. The van der Waals surface area contributed by atoms with Crippen LogP contribution in [0.5, 0.6) is 0 Å². The highest BCUT2D eigenvalue weighted by Crippen LogP contribution is 2.10. The lowest BCUT2D eigenvalue weighted by Crippen LogP contribution is -2.42. The van der Waals surface area contributed by atoms with E-state index in [1.54, 1.807) is 12.1 Å². The molecule has 0 heterocycles. The molecule has 4 nitrogen and oxygen atoms in total. The van der Waals surface area contributed by atoms with E-state index in [1.165, 1.54) is 0 Å². The fraction of sp³-hybridized carbons (Fsp3) is 0.273. The Morgan fingerprint density at radius 1 is 1.06 bits per heavy atom. The first-order chi connectivity index (χ1) is 8.11. The molecule has 17 heavy (non-hydrogen) atoms. The summed E-state index contributed by atoms with van der Waals surface area (Å²) in [5.74, 6) is -0.887. The summed E-state index contributed by atoms with van der Waals surface area (Å²) in [7, 11) is 0. The van der Waals surface area contributed by atoms with Crippen LogP contribution in [0.2, 0.25) is 5.02 Å². The van der Waals surface area contributed by atoms with Crippen molar-refractivity contribution in [1.29, 1.82) is 0 Å². The molecule has 0 aliphatic carbocycles. The van der Waals surface area contributed by atoms with Crippen LogP contribution in [-0.2, 0) is 16.0 Å². The first kappa shape index (κ1) is 13.8. The standard InChI is InChI=1S/C11H12Cl2N2O2/c12-7-11(17)15-14-10(16)6-3-8-1-4-9(13)5-2-8/h1-2,4-5H,3,6-7H2,(H,14,16)(H,15,17). The molecule has 92 valence electrons. The van der Waals surface area contributed by atoms with Gasteiger partial charge in [-0.05, 0) is 24.1 Å². The average molecular weight is 275 g/mol. The quantitative estimate of drug-likeness (QED) is 0.648. The summed E-state index contributed by atoms with van der Waals surface area (Å²) >= 11 is 11.0. The van der Waals surface area contributed by atoms with E-state index in [0.29, 0.717) is 11.4 Å². The maximum absolute atomic E-state index is 11.3. The number of alkyl halides is 1. The normalized spacial score (nSPS) is 9.76. The number of hydrazine groups is 1. The molecule has 0 radical (unpaired) electrons. The number of carbonyl (C=O) groups is 2. The third kappa shape index (κ3) is 5.56. The smallest absolute Gasteiger partial charge is 0.253 e.